The first-order chi connectivity index (χ1) is 6.56. The zero-order chi connectivity index (χ0) is 10.8. The van der Waals surface area contributed by atoms with E-state index in [1.807, 2.05) is 32.4 Å². The van der Waals surface area contributed by atoms with Gasteiger partial charge in [-0.3, -0.25) is 11.1 Å². The number of nitrogens with one attached hydrogen (secondary N) is 1. The van der Waals surface area contributed by atoms with Crippen molar-refractivity contribution in [1.82, 2.24) is 15.3 Å². The largest absolute Gasteiger partial charge is 0.361 e. The molecule has 6 heteroatoms. The van der Waals surface area contributed by atoms with Gasteiger partial charge in [0.1, 0.15) is 5.44 Å². The number of nitrogens with zero attached hydrogens (tertiary/aromatic N) is 2. The molecule has 1 saturated heterocycles. The van der Waals surface area contributed by atoms with Crippen LogP contribution in [0.2, 0.25) is 0 Å². The smallest absolute Gasteiger partial charge is 0.173 e. The van der Waals surface area contributed by atoms with E-state index in [0.717, 1.165) is 6.54 Å². The second kappa shape index (κ2) is 4.78. The molecule has 2 unspecified atom stereocenters. The summed E-state index contributed by atoms with van der Waals surface area (Å²) in [6, 6.07) is 0. The van der Waals surface area contributed by atoms with Gasteiger partial charge >= 0.3 is 0 Å². The average molecular weight is 220 g/mol. The number of rotatable bonds is 3. The molecule has 14 heavy (non-hydrogen) atoms. The quantitative estimate of drug-likeness (QED) is 0.615. The first kappa shape index (κ1) is 12.2. The van der Waals surface area contributed by atoms with Crippen LogP contribution in [0.5, 0.6) is 0 Å². The maximum absolute atomic E-state index is 6.29. The van der Waals surface area contributed by atoms with Crippen LogP contribution in [0.3, 0.4) is 0 Å². The molecule has 0 radical (unpaired) electrons. The molecule has 0 aromatic carbocycles. The monoisotopic (exact) mass is 220 g/mol. The topological polar surface area (TPSA) is 53.8 Å². The van der Waals surface area contributed by atoms with Crippen LogP contribution in [0.4, 0.5) is 0 Å². The lowest BCUT2D eigenvalue weighted by Gasteiger charge is -2.50. The van der Waals surface area contributed by atoms with E-state index in [4.69, 9.17) is 10.5 Å². The Balaban J connectivity index is 2.83. The molecule has 1 aliphatic heterocycles. The summed E-state index contributed by atoms with van der Waals surface area (Å²) in [6.45, 7) is 1.52. The van der Waals surface area contributed by atoms with Gasteiger partial charge in [0.25, 0.3) is 0 Å². The van der Waals surface area contributed by atoms with Gasteiger partial charge in [-0.15, -0.1) is 11.8 Å². The Morgan fingerprint density at radius 3 is 2.71 bits per heavy atom. The van der Waals surface area contributed by atoms with Crippen molar-refractivity contribution in [1.29, 1.82) is 0 Å². The Bertz CT molecular complexity index is 192. The third-order valence-electron chi connectivity index (χ3n) is 2.46. The molecular formula is C8H20N4OS. The molecule has 1 aliphatic rings. The third-order valence-corrected chi connectivity index (χ3v) is 3.38. The lowest BCUT2D eigenvalue weighted by atomic mass is 10.3. The molecule has 5 nitrogen and oxygen atoms in total. The summed E-state index contributed by atoms with van der Waals surface area (Å²) < 4.78 is 5.62. The third kappa shape index (κ3) is 2.05. The van der Waals surface area contributed by atoms with Gasteiger partial charge in [-0.05, 0) is 13.3 Å². The van der Waals surface area contributed by atoms with Gasteiger partial charge in [0.2, 0.25) is 0 Å². The van der Waals surface area contributed by atoms with E-state index in [1.165, 1.54) is 0 Å². The molecule has 1 fully saturated rings. The normalized spacial score (nSPS) is 35.1. The number of nitrogens with two attached hydrogens (primary N) is 1. The van der Waals surface area contributed by atoms with Crippen LogP contribution in [-0.4, -0.2) is 61.8 Å². The number of hydrogen-bond acceptors (Lipinski definition) is 6. The van der Waals surface area contributed by atoms with Gasteiger partial charge in [0, 0.05) is 20.6 Å². The summed E-state index contributed by atoms with van der Waals surface area (Å²) in [5, 5.41) is 7.21. The highest BCUT2D eigenvalue weighted by molar-refractivity contribution is 7.99. The summed E-state index contributed by atoms with van der Waals surface area (Å²) in [7, 11) is 5.83. The van der Waals surface area contributed by atoms with Crippen LogP contribution >= 0.6 is 11.8 Å². The Morgan fingerprint density at radius 1 is 1.64 bits per heavy atom. The Hall–Kier alpha value is 0.150. The SMILES string of the molecule is CNC1(N)C(SC)OCCN1N(C)C. The zero-order valence-electron chi connectivity index (χ0n) is 9.28. The molecule has 0 aromatic rings. The van der Waals surface area contributed by atoms with E-state index in [9.17, 15) is 0 Å². The van der Waals surface area contributed by atoms with Gasteiger partial charge in [0.05, 0.1) is 6.61 Å². The fourth-order valence-electron chi connectivity index (χ4n) is 1.71. The standard InChI is InChI=1S/C8H20N4OS/c1-10-8(9)7(14-4)13-6-5-12(8)11(2)3/h7,10H,5-6,9H2,1-4H3. The van der Waals surface area contributed by atoms with E-state index in [2.05, 4.69) is 10.3 Å². The van der Waals surface area contributed by atoms with Crippen molar-refractivity contribution in [2.75, 3.05) is 40.6 Å². The van der Waals surface area contributed by atoms with E-state index < -0.39 is 5.79 Å². The van der Waals surface area contributed by atoms with E-state index in [0.29, 0.717) is 6.61 Å². The number of thioether (sulfide) groups is 1. The molecule has 0 spiro atoms. The highest BCUT2D eigenvalue weighted by Crippen LogP contribution is 2.26. The summed E-state index contributed by atoms with van der Waals surface area (Å²) in [5.41, 5.74) is 6.23. The van der Waals surface area contributed by atoms with Crippen molar-refractivity contribution in [3.05, 3.63) is 0 Å². The Morgan fingerprint density at radius 2 is 2.29 bits per heavy atom. The molecule has 0 saturated carbocycles. The van der Waals surface area contributed by atoms with Crippen LogP contribution in [-0.2, 0) is 4.74 Å². The molecular weight excluding hydrogens is 200 g/mol. The number of morpholine rings is 1. The van der Waals surface area contributed by atoms with Gasteiger partial charge in [-0.2, -0.15) is 0 Å². The number of likely N-dealkylation sites (N-methyl/N-ethyl adjacent to an activating group) is 1. The van der Waals surface area contributed by atoms with Crippen LogP contribution in [0.25, 0.3) is 0 Å². The minimum Gasteiger partial charge on any atom is -0.361 e. The molecule has 0 aromatic heterocycles. The van der Waals surface area contributed by atoms with Crippen molar-refractivity contribution >= 4 is 11.8 Å². The molecule has 0 aliphatic carbocycles. The Labute approximate surface area is 89.9 Å². The summed E-state index contributed by atoms with van der Waals surface area (Å²) in [4.78, 5) is 0. The second-order valence-electron chi connectivity index (χ2n) is 3.48. The zero-order valence-corrected chi connectivity index (χ0v) is 10.1. The first-order valence-electron chi connectivity index (χ1n) is 4.63. The molecule has 84 valence electrons. The molecule has 1 rings (SSSR count). The average Bonchev–Trinajstić information content (AvgIpc) is 2.17. The van der Waals surface area contributed by atoms with Crippen molar-refractivity contribution in [2.45, 2.75) is 11.2 Å². The highest BCUT2D eigenvalue weighted by atomic mass is 32.2. The number of hydrogen-bond donors (Lipinski definition) is 2. The van der Waals surface area contributed by atoms with Crippen molar-refractivity contribution in [2.24, 2.45) is 5.73 Å². The maximum atomic E-state index is 6.29. The molecule has 0 bridgehead atoms. The molecule has 0 amide bonds. The number of ether oxygens (including phenoxy) is 1. The predicted molar refractivity (Wildman–Crippen MR) is 59.6 cm³/mol. The fourth-order valence-corrected chi connectivity index (χ4v) is 2.54. The van der Waals surface area contributed by atoms with Gasteiger partial charge in [-0.1, -0.05) is 0 Å². The molecule has 2 atom stereocenters. The number of hydrazine groups is 1. The minimum absolute atomic E-state index is 0.0522. The van der Waals surface area contributed by atoms with Gasteiger partial charge in [0.15, 0.2) is 5.79 Å². The maximum Gasteiger partial charge on any atom is 0.173 e. The predicted octanol–water partition coefficient (Wildman–Crippen LogP) is -0.684. The van der Waals surface area contributed by atoms with Crippen molar-refractivity contribution < 1.29 is 4.74 Å². The summed E-state index contributed by atoms with van der Waals surface area (Å²) in [6.07, 6.45) is 2.00. The Kier molecular flexibility index (Phi) is 4.17. The lowest BCUT2D eigenvalue weighted by molar-refractivity contribution is -0.179. The second-order valence-corrected chi connectivity index (χ2v) is 4.38. The van der Waals surface area contributed by atoms with E-state index >= 15 is 0 Å². The van der Waals surface area contributed by atoms with E-state index in [1.54, 1.807) is 11.8 Å². The molecule has 3 N–H and O–H groups in total. The van der Waals surface area contributed by atoms with Crippen molar-refractivity contribution in [3.63, 3.8) is 0 Å². The van der Waals surface area contributed by atoms with Crippen molar-refractivity contribution in [3.8, 4) is 0 Å². The summed E-state index contributed by atoms with van der Waals surface area (Å²) in [5.74, 6) is -0.624. The van der Waals surface area contributed by atoms with Crippen LogP contribution in [0.1, 0.15) is 0 Å². The fraction of sp³-hybridized carbons (Fsp3) is 1.00. The van der Waals surface area contributed by atoms with Gasteiger partial charge < -0.3 is 4.74 Å². The van der Waals surface area contributed by atoms with Crippen LogP contribution < -0.4 is 11.1 Å². The minimum atomic E-state index is -0.624. The lowest BCUT2D eigenvalue weighted by Crippen LogP contribution is -2.76. The molecule has 1 heterocycles. The van der Waals surface area contributed by atoms with Crippen LogP contribution in [0.15, 0.2) is 0 Å². The summed E-state index contributed by atoms with van der Waals surface area (Å²) >= 11 is 1.62. The van der Waals surface area contributed by atoms with Gasteiger partial charge in [-0.25, -0.2) is 10.0 Å². The first-order valence-corrected chi connectivity index (χ1v) is 5.92. The van der Waals surface area contributed by atoms with Crippen LogP contribution in [0, 0.1) is 0 Å². The van der Waals surface area contributed by atoms with E-state index in [-0.39, 0.29) is 5.44 Å². The highest BCUT2D eigenvalue weighted by Gasteiger charge is 2.44.